The molecular weight excluding hydrogens is 540 g/mol. The number of benzene rings is 2. The highest BCUT2D eigenvalue weighted by molar-refractivity contribution is 6.02. The van der Waals surface area contributed by atoms with Gasteiger partial charge in [-0.25, -0.2) is 0 Å². The summed E-state index contributed by atoms with van der Waals surface area (Å²) in [5.74, 6) is 1.55. The van der Waals surface area contributed by atoms with Gasteiger partial charge in [0.25, 0.3) is 0 Å². The van der Waals surface area contributed by atoms with Gasteiger partial charge in [-0.3, -0.25) is 14.4 Å². The summed E-state index contributed by atoms with van der Waals surface area (Å²) in [4.78, 5) is 38.2. The molecule has 4 rings (SSSR count). The Bertz CT molecular complexity index is 1200. The highest BCUT2D eigenvalue weighted by Crippen LogP contribution is 2.40. The number of hydrogen-bond acceptors (Lipinski definition) is 3. The molecule has 0 N–H and O–H groups in total. The number of aryl methyl sites for hydroxylation is 2. The highest BCUT2D eigenvalue weighted by atomic mass is 16.1. The van der Waals surface area contributed by atoms with Crippen molar-refractivity contribution in [2.24, 2.45) is 23.7 Å². The van der Waals surface area contributed by atoms with Crippen LogP contribution >= 0.6 is 0 Å². The van der Waals surface area contributed by atoms with Crippen molar-refractivity contribution in [2.75, 3.05) is 0 Å². The fraction of sp³-hybridized carbons (Fsp3) is 0.634. The average molecular weight is 601 g/mol. The Morgan fingerprint density at radius 2 is 1.57 bits per heavy atom. The van der Waals surface area contributed by atoms with Crippen LogP contribution in [0.15, 0.2) is 36.4 Å². The number of fused-ring (bicyclic) bond motifs is 1. The zero-order valence-electron chi connectivity index (χ0n) is 28.8. The Morgan fingerprint density at radius 1 is 0.886 bits per heavy atom. The summed E-state index contributed by atoms with van der Waals surface area (Å²) >= 11 is 0. The first kappa shape index (κ1) is 35.9. The smallest absolute Gasteiger partial charge is 0.163 e. The van der Waals surface area contributed by atoms with Crippen molar-refractivity contribution in [1.29, 1.82) is 0 Å². The lowest BCUT2D eigenvalue weighted by Gasteiger charge is -2.32. The van der Waals surface area contributed by atoms with Crippen molar-refractivity contribution < 1.29 is 14.4 Å². The fourth-order valence-corrected chi connectivity index (χ4v) is 7.93. The zero-order valence-corrected chi connectivity index (χ0v) is 28.8. The molecule has 3 unspecified atom stereocenters. The van der Waals surface area contributed by atoms with Crippen LogP contribution in [0.2, 0.25) is 0 Å². The molecule has 3 nitrogen and oxygen atoms in total. The molecule has 2 aromatic rings. The molecule has 0 aromatic heterocycles. The van der Waals surface area contributed by atoms with Crippen LogP contribution in [0.4, 0.5) is 0 Å². The van der Waals surface area contributed by atoms with Gasteiger partial charge in [0.05, 0.1) is 6.42 Å². The molecule has 0 saturated heterocycles. The van der Waals surface area contributed by atoms with Crippen molar-refractivity contribution in [1.82, 2.24) is 0 Å². The van der Waals surface area contributed by atoms with Crippen LogP contribution in [0.1, 0.15) is 152 Å². The number of carbonyl (C=O) groups excluding carboxylic acids is 3. The molecule has 3 heteroatoms. The van der Waals surface area contributed by atoms with Crippen LogP contribution in [0.3, 0.4) is 0 Å². The summed E-state index contributed by atoms with van der Waals surface area (Å²) in [6.45, 7) is 12.0. The van der Waals surface area contributed by atoms with Crippen LogP contribution in [0, 0.1) is 30.6 Å². The lowest BCUT2D eigenvalue weighted by atomic mass is 9.71. The second-order valence-corrected chi connectivity index (χ2v) is 13.9. The van der Waals surface area contributed by atoms with E-state index in [9.17, 15) is 14.4 Å². The van der Waals surface area contributed by atoms with Gasteiger partial charge in [-0.1, -0.05) is 122 Å². The second-order valence-electron chi connectivity index (χ2n) is 13.9. The van der Waals surface area contributed by atoms with E-state index < -0.39 is 0 Å². The molecule has 2 aromatic carbocycles. The fourth-order valence-electron chi connectivity index (χ4n) is 7.93. The third-order valence-corrected chi connectivity index (χ3v) is 9.98. The van der Waals surface area contributed by atoms with Gasteiger partial charge in [-0.05, 0) is 91.5 Å². The molecular formula is C41H60O3. The van der Waals surface area contributed by atoms with E-state index in [2.05, 4.69) is 71.0 Å². The predicted molar refractivity (Wildman–Crippen MR) is 185 cm³/mol. The van der Waals surface area contributed by atoms with E-state index in [1.807, 2.05) is 0 Å². The number of Topliss-reactive ketones (excluding diaryl/α,β-unsaturated/α-hetero) is 3. The third kappa shape index (κ3) is 10.2. The molecule has 0 spiro atoms. The van der Waals surface area contributed by atoms with Crippen LogP contribution in [-0.4, -0.2) is 17.3 Å². The Hall–Kier alpha value is -2.55. The lowest BCUT2D eigenvalue weighted by Crippen LogP contribution is -2.30. The van der Waals surface area contributed by atoms with Crippen molar-refractivity contribution >= 4 is 17.3 Å². The van der Waals surface area contributed by atoms with Gasteiger partial charge in [0.2, 0.25) is 0 Å². The number of ketones is 3. The molecule has 0 radical (unpaired) electrons. The Labute approximate surface area is 269 Å². The quantitative estimate of drug-likeness (QED) is 0.203. The van der Waals surface area contributed by atoms with Crippen LogP contribution < -0.4 is 0 Å². The predicted octanol–water partition coefficient (Wildman–Crippen LogP) is 11.1. The van der Waals surface area contributed by atoms with Gasteiger partial charge in [0.15, 0.2) is 5.78 Å². The van der Waals surface area contributed by atoms with Crippen molar-refractivity contribution in [2.45, 2.75) is 144 Å². The SMILES string of the molecule is CCC.CCCC(CC1CC(=O)c2c(C)ccc(-c3ccc(CCCC4CCCCC4)cc3)c2C1)C(CC)C(=O)CC(C)=O. The van der Waals surface area contributed by atoms with Crippen LogP contribution in [0.25, 0.3) is 11.1 Å². The van der Waals surface area contributed by atoms with Gasteiger partial charge in [0.1, 0.15) is 11.6 Å². The molecule has 0 heterocycles. The maximum atomic E-state index is 13.5. The molecule has 1 fully saturated rings. The van der Waals surface area contributed by atoms with Crippen LogP contribution in [0.5, 0.6) is 0 Å². The molecule has 1 saturated carbocycles. The minimum absolute atomic E-state index is 0.0328. The Morgan fingerprint density at radius 3 is 2.18 bits per heavy atom. The molecule has 0 bridgehead atoms. The lowest BCUT2D eigenvalue weighted by molar-refractivity contribution is -0.129. The normalized spacial score (nSPS) is 18.1. The monoisotopic (exact) mass is 600 g/mol. The third-order valence-electron chi connectivity index (χ3n) is 9.98. The summed E-state index contributed by atoms with van der Waals surface area (Å²) < 4.78 is 0. The minimum Gasteiger partial charge on any atom is -0.300 e. The molecule has 242 valence electrons. The van der Waals surface area contributed by atoms with E-state index in [1.165, 1.54) is 80.5 Å². The molecule has 0 amide bonds. The minimum atomic E-state index is -0.0991. The van der Waals surface area contributed by atoms with E-state index >= 15 is 0 Å². The summed E-state index contributed by atoms with van der Waals surface area (Å²) in [6, 6.07) is 13.4. The maximum absolute atomic E-state index is 13.5. The maximum Gasteiger partial charge on any atom is 0.163 e. The number of carbonyl (C=O) groups is 3. The Kier molecular flexibility index (Phi) is 15.0. The van der Waals surface area contributed by atoms with Gasteiger partial charge in [-0.15, -0.1) is 0 Å². The molecule has 3 atom stereocenters. The molecule has 0 aliphatic heterocycles. The first-order chi connectivity index (χ1) is 21.2. The topological polar surface area (TPSA) is 51.2 Å². The van der Waals surface area contributed by atoms with Gasteiger partial charge in [-0.2, -0.15) is 0 Å². The van der Waals surface area contributed by atoms with E-state index in [1.54, 1.807) is 0 Å². The summed E-state index contributed by atoms with van der Waals surface area (Å²) in [5, 5.41) is 0. The van der Waals surface area contributed by atoms with E-state index in [0.717, 1.165) is 55.6 Å². The van der Waals surface area contributed by atoms with Crippen LogP contribution in [-0.2, 0) is 22.4 Å². The van der Waals surface area contributed by atoms with Gasteiger partial charge in [0, 0.05) is 17.9 Å². The molecule has 2 aliphatic carbocycles. The second kappa shape index (κ2) is 18.4. The first-order valence-electron chi connectivity index (χ1n) is 18.0. The number of rotatable bonds is 14. The number of hydrogen-bond donors (Lipinski definition) is 0. The van der Waals surface area contributed by atoms with E-state index in [4.69, 9.17) is 0 Å². The standard InChI is InChI=1S/C38H52O3.C3H8/c1-5-11-32(33(6-2)36(40)22-27(4)39)23-30-24-35-34(21-16-26(3)38(35)37(41)25-30)31-19-17-29(18-20-31)15-10-14-28-12-8-7-9-13-28;1-3-2/h16-21,28,30,32-33H,5-15,22-25H2,1-4H3;3H2,1-2H3. The largest absolute Gasteiger partial charge is 0.300 e. The van der Waals surface area contributed by atoms with Crippen molar-refractivity contribution in [3.63, 3.8) is 0 Å². The van der Waals surface area contributed by atoms with E-state index in [0.29, 0.717) is 6.42 Å². The summed E-state index contributed by atoms with van der Waals surface area (Å²) in [7, 11) is 0. The van der Waals surface area contributed by atoms with Gasteiger partial charge >= 0.3 is 0 Å². The molecule has 44 heavy (non-hydrogen) atoms. The summed E-state index contributed by atoms with van der Waals surface area (Å²) in [5.41, 5.74) is 6.96. The molecule has 2 aliphatic rings. The zero-order chi connectivity index (χ0) is 32.1. The summed E-state index contributed by atoms with van der Waals surface area (Å²) in [6.07, 6.45) is 17.2. The van der Waals surface area contributed by atoms with Crippen molar-refractivity contribution in [3.8, 4) is 11.1 Å². The highest BCUT2D eigenvalue weighted by Gasteiger charge is 2.34. The average Bonchev–Trinajstić information content (AvgIpc) is 2.99. The van der Waals surface area contributed by atoms with E-state index in [-0.39, 0.29) is 41.5 Å². The Balaban J connectivity index is 0.00000169. The first-order valence-corrected chi connectivity index (χ1v) is 18.0. The van der Waals surface area contributed by atoms with Crippen molar-refractivity contribution in [3.05, 3.63) is 58.7 Å². The van der Waals surface area contributed by atoms with Gasteiger partial charge < -0.3 is 0 Å².